The van der Waals surface area contributed by atoms with Crippen LogP contribution in [0.5, 0.6) is 5.75 Å². The first-order valence-electron chi connectivity index (χ1n) is 4.99. The molecule has 5 heteroatoms. The number of halogens is 3. The average Bonchev–Trinajstić information content (AvgIpc) is 2.34. The van der Waals surface area contributed by atoms with Crippen molar-refractivity contribution < 1.29 is 9.53 Å². The van der Waals surface area contributed by atoms with Crippen LogP contribution in [-0.2, 0) is 0 Å². The average molecular weight is 302 g/mol. The summed E-state index contributed by atoms with van der Waals surface area (Å²) < 4.78 is 5.16. The molecule has 0 bridgehead atoms. The van der Waals surface area contributed by atoms with E-state index in [4.69, 9.17) is 39.5 Å². The summed E-state index contributed by atoms with van der Waals surface area (Å²) in [7, 11) is 0. The molecular formula is C13H7Cl3O2. The van der Waals surface area contributed by atoms with Crippen LogP contribution in [0.3, 0.4) is 0 Å². The second-order valence-corrected chi connectivity index (χ2v) is 4.70. The minimum absolute atomic E-state index is 0.154. The fourth-order valence-corrected chi connectivity index (χ4v) is 1.92. The lowest BCUT2D eigenvalue weighted by atomic mass is 10.2. The summed E-state index contributed by atoms with van der Waals surface area (Å²) >= 11 is 17.5. The van der Waals surface area contributed by atoms with Gasteiger partial charge in [-0.1, -0.05) is 40.9 Å². The number of para-hydroxylation sites is 1. The van der Waals surface area contributed by atoms with Crippen LogP contribution in [0.15, 0.2) is 42.5 Å². The minimum Gasteiger partial charge on any atom is -0.420 e. The Kier molecular flexibility index (Phi) is 4.12. The Morgan fingerprint density at radius 3 is 2.00 bits per heavy atom. The monoisotopic (exact) mass is 300 g/mol. The van der Waals surface area contributed by atoms with Crippen LogP contribution in [-0.4, -0.2) is 5.97 Å². The van der Waals surface area contributed by atoms with Gasteiger partial charge in [0.05, 0.1) is 15.6 Å². The highest BCUT2D eigenvalue weighted by molar-refractivity contribution is 6.37. The fourth-order valence-electron chi connectivity index (χ4n) is 1.32. The van der Waals surface area contributed by atoms with E-state index in [-0.39, 0.29) is 15.8 Å². The molecule has 2 nitrogen and oxygen atoms in total. The molecule has 2 rings (SSSR count). The van der Waals surface area contributed by atoms with Crippen molar-refractivity contribution >= 4 is 40.8 Å². The standard InChI is InChI=1S/C13H7Cl3O2/c14-9-6-4-8(5-7-9)13(17)18-12-10(15)2-1-3-11(12)16/h1-7H. The fraction of sp³-hybridized carbons (Fsp3) is 0. The lowest BCUT2D eigenvalue weighted by molar-refractivity contribution is 0.0735. The van der Waals surface area contributed by atoms with Crippen molar-refractivity contribution in [3.8, 4) is 5.75 Å². The van der Waals surface area contributed by atoms with Crippen molar-refractivity contribution in [1.82, 2.24) is 0 Å². The molecule has 0 saturated carbocycles. The van der Waals surface area contributed by atoms with Crippen LogP contribution in [0.2, 0.25) is 15.1 Å². The minimum atomic E-state index is -0.540. The molecule has 0 heterocycles. The van der Waals surface area contributed by atoms with Crippen molar-refractivity contribution in [2.24, 2.45) is 0 Å². The van der Waals surface area contributed by atoms with Crippen LogP contribution >= 0.6 is 34.8 Å². The molecule has 0 aliphatic carbocycles. The smallest absolute Gasteiger partial charge is 0.343 e. The number of esters is 1. The van der Waals surface area contributed by atoms with Crippen molar-refractivity contribution in [1.29, 1.82) is 0 Å². The summed E-state index contributed by atoms with van der Waals surface area (Å²) in [4.78, 5) is 11.8. The zero-order valence-electron chi connectivity index (χ0n) is 8.99. The second kappa shape index (κ2) is 5.61. The topological polar surface area (TPSA) is 26.3 Å². The SMILES string of the molecule is O=C(Oc1c(Cl)cccc1Cl)c1ccc(Cl)cc1. The third-order valence-corrected chi connectivity index (χ3v) is 3.04. The molecule has 0 aliphatic rings. The highest BCUT2D eigenvalue weighted by Crippen LogP contribution is 2.32. The summed E-state index contributed by atoms with van der Waals surface area (Å²) in [5, 5.41) is 1.11. The van der Waals surface area contributed by atoms with E-state index in [1.54, 1.807) is 42.5 Å². The van der Waals surface area contributed by atoms with E-state index in [1.807, 2.05) is 0 Å². The number of ether oxygens (including phenoxy) is 1. The third kappa shape index (κ3) is 2.96. The van der Waals surface area contributed by atoms with Crippen molar-refractivity contribution in [2.75, 3.05) is 0 Å². The van der Waals surface area contributed by atoms with Gasteiger partial charge < -0.3 is 4.74 Å². The predicted octanol–water partition coefficient (Wildman–Crippen LogP) is 4.87. The molecule has 92 valence electrons. The van der Waals surface area contributed by atoms with Gasteiger partial charge in [0.15, 0.2) is 5.75 Å². The molecule has 18 heavy (non-hydrogen) atoms. The maximum Gasteiger partial charge on any atom is 0.343 e. The van der Waals surface area contributed by atoms with Crippen molar-refractivity contribution in [2.45, 2.75) is 0 Å². The number of carbonyl (C=O) groups is 1. The molecule has 0 spiro atoms. The van der Waals surface area contributed by atoms with Gasteiger partial charge in [0, 0.05) is 5.02 Å². The summed E-state index contributed by atoms with van der Waals surface area (Å²) in [5.41, 5.74) is 0.371. The van der Waals surface area contributed by atoms with E-state index in [0.29, 0.717) is 10.6 Å². The van der Waals surface area contributed by atoms with Crippen LogP contribution in [0, 0.1) is 0 Å². The van der Waals surface area contributed by atoms with E-state index in [0.717, 1.165) is 0 Å². The molecule has 0 N–H and O–H groups in total. The maximum atomic E-state index is 11.8. The van der Waals surface area contributed by atoms with E-state index < -0.39 is 5.97 Å². The van der Waals surface area contributed by atoms with Crippen molar-refractivity contribution in [3.63, 3.8) is 0 Å². The summed E-state index contributed by atoms with van der Waals surface area (Å²) in [6, 6.07) is 11.2. The van der Waals surface area contributed by atoms with Gasteiger partial charge in [-0.05, 0) is 36.4 Å². The number of carbonyl (C=O) groups excluding carboxylic acids is 1. The Morgan fingerprint density at radius 1 is 0.889 bits per heavy atom. The highest BCUT2D eigenvalue weighted by Gasteiger charge is 2.13. The van der Waals surface area contributed by atoms with E-state index in [2.05, 4.69) is 0 Å². The molecule has 0 atom stereocenters. The molecule has 2 aromatic carbocycles. The molecule has 0 aromatic heterocycles. The highest BCUT2D eigenvalue weighted by atomic mass is 35.5. The maximum absolute atomic E-state index is 11.8. The van der Waals surface area contributed by atoms with Gasteiger partial charge in [-0.3, -0.25) is 0 Å². The molecule has 0 fully saturated rings. The quantitative estimate of drug-likeness (QED) is 0.584. The molecule has 0 unspecified atom stereocenters. The van der Waals surface area contributed by atoms with Gasteiger partial charge in [0.2, 0.25) is 0 Å². The van der Waals surface area contributed by atoms with Gasteiger partial charge in [-0.2, -0.15) is 0 Å². The van der Waals surface area contributed by atoms with E-state index >= 15 is 0 Å². The Hall–Kier alpha value is -1.22. The number of hydrogen-bond donors (Lipinski definition) is 0. The largest absolute Gasteiger partial charge is 0.420 e. The molecule has 0 amide bonds. The summed E-state index contributed by atoms with van der Waals surface area (Å²) in [5.74, 6) is -0.387. The lowest BCUT2D eigenvalue weighted by Gasteiger charge is -2.07. The Bertz CT molecular complexity index is 559. The van der Waals surface area contributed by atoms with Gasteiger partial charge in [-0.25, -0.2) is 4.79 Å². The van der Waals surface area contributed by atoms with Crippen molar-refractivity contribution in [3.05, 3.63) is 63.1 Å². The zero-order chi connectivity index (χ0) is 13.1. The Balaban J connectivity index is 2.24. The van der Waals surface area contributed by atoms with Gasteiger partial charge in [0.25, 0.3) is 0 Å². The Morgan fingerprint density at radius 2 is 1.44 bits per heavy atom. The van der Waals surface area contributed by atoms with Crippen LogP contribution in [0.25, 0.3) is 0 Å². The molecule has 2 aromatic rings. The molecule has 0 aliphatic heterocycles. The lowest BCUT2D eigenvalue weighted by Crippen LogP contribution is -2.08. The molecule has 0 radical (unpaired) electrons. The number of hydrogen-bond acceptors (Lipinski definition) is 2. The first-order chi connectivity index (χ1) is 8.58. The third-order valence-electron chi connectivity index (χ3n) is 2.19. The van der Waals surface area contributed by atoms with Gasteiger partial charge in [-0.15, -0.1) is 0 Å². The normalized spacial score (nSPS) is 10.2. The predicted molar refractivity (Wildman–Crippen MR) is 72.9 cm³/mol. The first-order valence-corrected chi connectivity index (χ1v) is 6.13. The molecule has 0 saturated heterocycles. The summed E-state index contributed by atoms with van der Waals surface area (Å²) in [6.07, 6.45) is 0. The van der Waals surface area contributed by atoms with Crippen LogP contribution in [0.1, 0.15) is 10.4 Å². The summed E-state index contributed by atoms with van der Waals surface area (Å²) in [6.45, 7) is 0. The van der Waals surface area contributed by atoms with Gasteiger partial charge in [0.1, 0.15) is 0 Å². The van der Waals surface area contributed by atoms with Gasteiger partial charge >= 0.3 is 5.97 Å². The number of rotatable bonds is 2. The van der Waals surface area contributed by atoms with E-state index in [1.165, 1.54) is 0 Å². The van der Waals surface area contributed by atoms with E-state index in [9.17, 15) is 4.79 Å². The first kappa shape index (κ1) is 13.2. The number of benzene rings is 2. The molecular weight excluding hydrogens is 294 g/mol. The second-order valence-electron chi connectivity index (χ2n) is 3.45. The Labute approximate surface area is 119 Å². The zero-order valence-corrected chi connectivity index (χ0v) is 11.3. The van der Waals surface area contributed by atoms with Crippen LogP contribution < -0.4 is 4.74 Å². The van der Waals surface area contributed by atoms with Crippen LogP contribution in [0.4, 0.5) is 0 Å².